The number of aromatic amines is 1. The summed E-state index contributed by atoms with van der Waals surface area (Å²) < 4.78 is 0. The van der Waals surface area contributed by atoms with Gasteiger partial charge in [0.15, 0.2) is 5.82 Å². The summed E-state index contributed by atoms with van der Waals surface area (Å²) in [5, 5.41) is 11.5. The Balaban J connectivity index is 2.00. The van der Waals surface area contributed by atoms with Gasteiger partial charge in [0.1, 0.15) is 0 Å². The van der Waals surface area contributed by atoms with Crippen LogP contribution in [0.25, 0.3) is 6.08 Å². The molecule has 0 bridgehead atoms. The number of anilines is 1. The number of H-pyrrole nitrogens is 1. The lowest BCUT2D eigenvalue weighted by atomic mass is 10.3. The highest BCUT2D eigenvalue weighted by Crippen LogP contribution is 2.14. The normalized spacial score (nSPS) is 10.9. The third-order valence-electron chi connectivity index (χ3n) is 2.44. The molecule has 1 amide bonds. The molecule has 0 spiro atoms. The largest absolute Gasteiger partial charge is 0.305 e. The Kier molecular flexibility index (Phi) is 3.39. The number of aromatic nitrogens is 2. The monoisotopic (exact) mass is 247 g/mol. The maximum absolute atomic E-state index is 11.6. The number of carbonyl (C=O) groups is 1. The van der Waals surface area contributed by atoms with E-state index in [0.717, 1.165) is 16.1 Å². The van der Waals surface area contributed by atoms with E-state index in [-0.39, 0.29) is 5.91 Å². The van der Waals surface area contributed by atoms with Gasteiger partial charge in [0, 0.05) is 22.2 Å². The van der Waals surface area contributed by atoms with Gasteiger partial charge in [-0.2, -0.15) is 5.10 Å². The number of hydrogen-bond donors (Lipinski definition) is 2. The van der Waals surface area contributed by atoms with Crippen molar-refractivity contribution in [3.63, 3.8) is 0 Å². The van der Waals surface area contributed by atoms with Crippen LogP contribution in [-0.2, 0) is 4.79 Å². The number of nitrogens with one attached hydrogen (secondary N) is 2. The minimum atomic E-state index is -0.173. The van der Waals surface area contributed by atoms with Crippen LogP contribution in [0.3, 0.4) is 0 Å². The number of hydrogen-bond acceptors (Lipinski definition) is 3. The maximum Gasteiger partial charge on any atom is 0.249 e. The van der Waals surface area contributed by atoms with Gasteiger partial charge in [-0.3, -0.25) is 9.89 Å². The average Bonchev–Trinajstić information content (AvgIpc) is 2.92. The van der Waals surface area contributed by atoms with E-state index in [1.54, 1.807) is 17.4 Å². The molecule has 0 saturated carbocycles. The molecule has 2 heterocycles. The third-order valence-corrected chi connectivity index (χ3v) is 3.27. The van der Waals surface area contributed by atoms with E-state index in [1.807, 2.05) is 31.4 Å². The maximum atomic E-state index is 11.6. The number of rotatable bonds is 3. The predicted octanol–water partition coefficient (Wildman–Crippen LogP) is 2.74. The molecule has 2 rings (SSSR count). The lowest BCUT2D eigenvalue weighted by Gasteiger charge is -1.98. The molecule has 0 aromatic carbocycles. The Labute approximate surface area is 103 Å². The van der Waals surface area contributed by atoms with Gasteiger partial charge in [-0.05, 0) is 31.4 Å². The number of carbonyl (C=O) groups excluding carboxylic acids is 1. The van der Waals surface area contributed by atoms with Crippen molar-refractivity contribution < 1.29 is 4.79 Å². The van der Waals surface area contributed by atoms with Crippen molar-refractivity contribution in [1.29, 1.82) is 0 Å². The first kappa shape index (κ1) is 11.6. The van der Waals surface area contributed by atoms with Crippen LogP contribution in [0.5, 0.6) is 0 Å². The number of nitrogens with zero attached hydrogens (tertiary/aromatic N) is 1. The number of aryl methyl sites for hydroxylation is 1. The molecule has 0 aliphatic heterocycles. The minimum Gasteiger partial charge on any atom is -0.305 e. The summed E-state index contributed by atoms with van der Waals surface area (Å²) in [4.78, 5) is 12.7. The summed E-state index contributed by atoms with van der Waals surface area (Å²) in [5.74, 6) is 0.413. The summed E-state index contributed by atoms with van der Waals surface area (Å²) in [6.07, 6.45) is 3.30. The fourth-order valence-corrected chi connectivity index (χ4v) is 1.93. The molecular formula is C12H13N3OS. The fourth-order valence-electron chi connectivity index (χ4n) is 1.31. The van der Waals surface area contributed by atoms with E-state index in [4.69, 9.17) is 0 Å². The lowest BCUT2D eigenvalue weighted by molar-refractivity contribution is -0.111. The highest BCUT2D eigenvalue weighted by Gasteiger charge is 2.06. The van der Waals surface area contributed by atoms with E-state index >= 15 is 0 Å². The second-order valence-electron chi connectivity index (χ2n) is 3.66. The predicted molar refractivity (Wildman–Crippen MR) is 70.0 cm³/mol. The molecule has 17 heavy (non-hydrogen) atoms. The molecule has 2 N–H and O–H groups in total. The molecule has 0 atom stereocenters. The van der Waals surface area contributed by atoms with E-state index in [0.29, 0.717) is 5.82 Å². The van der Waals surface area contributed by atoms with Gasteiger partial charge in [0.2, 0.25) is 5.91 Å². The zero-order chi connectivity index (χ0) is 12.3. The molecule has 4 nitrogen and oxygen atoms in total. The minimum absolute atomic E-state index is 0.173. The molecule has 0 fully saturated rings. The molecule has 0 radical (unpaired) electrons. The Morgan fingerprint density at radius 2 is 2.35 bits per heavy atom. The summed E-state index contributed by atoms with van der Waals surface area (Å²) in [7, 11) is 0. The molecule has 2 aromatic heterocycles. The molecule has 0 aliphatic carbocycles. The van der Waals surface area contributed by atoms with Crippen LogP contribution in [0.4, 0.5) is 5.82 Å². The molecule has 5 heteroatoms. The van der Waals surface area contributed by atoms with Gasteiger partial charge >= 0.3 is 0 Å². The Bertz CT molecular complexity index is 540. The summed E-state index contributed by atoms with van der Waals surface area (Å²) in [6, 6.07) is 3.90. The van der Waals surface area contributed by atoms with Crippen molar-refractivity contribution in [1.82, 2.24) is 10.2 Å². The van der Waals surface area contributed by atoms with Crippen molar-refractivity contribution in [2.75, 3.05) is 5.32 Å². The second kappa shape index (κ2) is 4.97. The quantitative estimate of drug-likeness (QED) is 0.819. The van der Waals surface area contributed by atoms with Crippen LogP contribution in [0.2, 0.25) is 0 Å². The van der Waals surface area contributed by atoms with Crippen molar-refractivity contribution in [3.8, 4) is 0 Å². The average molecular weight is 247 g/mol. The summed E-state index contributed by atoms with van der Waals surface area (Å²) >= 11 is 1.59. The van der Waals surface area contributed by atoms with Crippen LogP contribution in [0.15, 0.2) is 23.6 Å². The topological polar surface area (TPSA) is 57.8 Å². The molecule has 0 saturated heterocycles. The molecular weight excluding hydrogens is 234 g/mol. The van der Waals surface area contributed by atoms with Crippen LogP contribution < -0.4 is 5.32 Å². The summed E-state index contributed by atoms with van der Waals surface area (Å²) in [6.45, 7) is 3.83. The van der Waals surface area contributed by atoms with Gasteiger partial charge in [-0.15, -0.1) is 11.3 Å². The highest BCUT2D eigenvalue weighted by molar-refractivity contribution is 7.10. The highest BCUT2D eigenvalue weighted by atomic mass is 32.1. The van der Waals surface area contributed by atoms with E-state index in [1.165, 1.54) is 6.08 Å². The van der Waals surface area contributed by atoms with E-state index in [2.05, 4.69) is 15.5 Å². The molecule has 0 unspecified atom stereocenters. The van der Waals surface area contributed by atoms with Crippen molar-refractivity contribution in [3.05, 3.63) is 39.7 Å². The second-order valence-corrected chi connectivity index (χ2v) is 4.64. The fraction of sp³-hybridized carbons (Fsp3) is 0.167. The molecule has 2 aromatic rings. The first-order chi connectivity index (χ1) is 8.16. The van der Waals surface area contributed by atoms with Gasteiger partial charge in [-0.25, -0.2) is 0 Å². The first-order valence-electron chi connectivity index (χ1n) is 5.21. The first-order valence-corrected chi connectivity index (χ1v) is 6.09. The Hall–Kier alpha value is -1.88. The van der Waals surface area contributed by atoms with Crippen molar-refractivity contribution in [2.45, 2.75) is 13.8 Å². The SMILES string of the molecule is Cc1[nH]nc(NC(=O)/C=C/c2cccs2)c1C. The van der Waals surface area contributed by atoms with Gasteiger partial charge in [0.25, 0.3) is 0 Å². The number of thiophene rings is 1. The smallest absolute Gasteiger partial charge is 0.249 e. The third kappa shape index (κ3) is 2.82. The standard InChI is InChI=1S/C12H13N3OS/c1-8-9(2)14-15-12(8)13-11(16)6-5-10-4-3-7-17-10/h3-7H,1-2H3,(H2,13,14,15,16)/b6-5+. The number of amides is 1. The van der Waals surface area contributed by atoms with Gasteiger partial charge in [-0.1, -0.05) is 6.07 Å². The Morgan fingerprint density at radius 3 is 2.94 bits per heavy atom. The van der Waals surface area contributed by atoms with Crippen LogP contribution >= 0.6 is 11.3 Å². The van der Waals surface area contributed by atoms with E-state index in [9.17, 15) is 4.79 Å². The zero-order valence-electron chi connectivity index (χ0n) is 9.65. The van der Waals surface area contributed by atoms with Crippen LogP contribution in [-0.4, -0.2) is 16.1 Å². The summed E-state index contributed by atoms with van der Waals surface area (Å²) in [5.41, 5.74) is 1.92. The molecule has 0 aliphatic rings. The zero-order valence-corrected chi connectivity index (χ0v) is 10.5. The van der Waals surface area contributed by atoms with Crippen molar-refractivity contribution >= 4 is 29.1 Å². The van der Waals surface area contributed by atoms with Gasteiger partial charge in [0.05, 0.1) is 0 Å². The van der Waals surface area contributed by atoms with Crippen LogP contribution in [0, 0.1) is 13.8 Å². The van der Waals surface area contributed by atoms with Gasteiger partial charge < -0.3 is 5.32 Å². The van der Waals surface area contributed by atoms with Crippen molar-refractivity contribution in [2.24, 2.45) is 0 Å². The van der Waals surface area contributed by atoms with Crippen LogP contribution in [0.1, 0.15) is 16.1 Å². The Morgan fingerprint density at radius 1 is 1.53 bits per heavy atom. The van der Waals surface area contributed by atoms with E-state index < -0.39 is 0 Å². The lowest BCUT2D eigenvalue weighted by Crippen LogP contribution is -2.08. The molecule has 88 valence electrons.